The number of aromatic nitrogens is 2. The molecule has 8 nitrogen and oxygen atoms in total. The van der Waals surface area contributed by atoms with Gasteiger partial charge in [0, 0.05) is 43.4 Å². The summed E-state index contributed by atoms with van der Waals surface area (Å²) in [6.45, 7) is 10.4. The Labute approximate surface area is 296 Å². The predicted octanol–water partition coefficient (Wildman–Crippen LogP) is 8.86. The van der Waals surface area contributed by atoms with Crippen LogP contribution in [-0.2, 0) is 14.9 Å². The largest absolute Gasteiger partial charge is 0.496 e. The number of carbonyl (C=O) groups excluding carboxylic acids is 2. The molecular formula is C41H53FN4O4. The lowest BCUT2D eigenvalue weighted by Crippen LogP contribution is -2.52. The number of carbonyl (C=O) groups is 2. The first kappa shape index (κ1) is 34.6. The number of amides is 2. The number of hydrogen-bond acceptors (Lipinski definition) is 5. The standard InChI is InChI=1S/C41H53FN4O4/c1-27(2)46-25-32(22-43-46)31-8-12-35(42)36(21-31)45(38(47)30-6-10-34(11-7-30)50-39(48)44-23-28(3)24-44)26-40-14-17-41(18-15-40,19-16-40)33-9-13-37(49-5)29(4)20-33/h8-9,12-13,20-22,25,27-28,30,34H,6-7,10-11,14-19,23-24,26H2,1-5H3. The third-order valence-electron chi connectivity index (χ3n) is 12.5. The van der Waals surface area contributed by atoms with Gasteiger partial charge in [0.1, 0.15) is 17.7 Å². The Morgan fingerprint density at radius 1 is 0.980 bits per heavy atom. The van der Waals surface area contributed by atoms with Crippen LogP contribution in [0.3, 0.4) is 0 Å². The van der Waals surface area contributed by atoms with Crippen molar-refractivity contribution >= 4 is 17.7 Å². The zero-order valence-electron chi connectivity index (χ0n) is 30.4. The first-order valence-corrected chi connectivity index (χ1v) is 18.7. The fourth-order valence-electron chi connectivity index (χ4n) is 9.14. The molecular weight excluding hydrogens is 631 g/mol. The number of aryl methyl sites for hydroxylation is 1. The Kier molecular flexibility index (Phi) is 9.46. The molecule has 0 unspecified atom stereocenters. The fourth-order valence-corrected chi connectivity index (χ4v) is 9.14. The normalized spacial score (nSPS) is 26.5. The number of ether oxygens (including phenoxy) is 2. The minimum Gasteiger partial charge on any atom is -0.496 e. The van der Waals surface area contributed by atoms with Gasteiger partial charge < -0.3 is 19.3 Å². The van der Waals surface area contributed by atoms with Crippen LogP contribution in [0.25, 0.3) is 11.1 Å². The van der Waals surface area contributed by atoms with Crippen molar-refractivity contribution in [3.8, 4) is 16.9 Å². The van der Waals surface area contributed by atoms with Gasteiger partial charge in [0.05, 0.1) is 19.0 Å². The zero-order chi connectivity index (χ0) is 35.2. The van der Waals surface area contributed by atoms with E-state index < -0.39 is 0 Å². The summed E-state index contributed by atoms with van der Waals surface area (Å²) >= 11 is 0. The predicted molar refractivity (Wildman–Crippen MR) is 193 cm³/mol. The average Bonchev–Trinajstić information content (AvgIpc) is 3.61. The molecule has 3 aromatic rings. The zero-order valence-corrected chi connectivity index (χ0v) is 30.4. The van der Waals surface area contributed by atoms with Gasteiger partial charge in [-0.2, -0.15) is 5.10 Å². The summed E-state index contributed by atoms with van der Waals surface area (Å²) in [7, 11) is 1.72. The Bertz CT molecular complexity index is 1700. The minimum absolute atomic E-state index is 0.0113. The lowest BCUT2D eigenvalue weighted by molar-refractivity contribution is -0.124. The van der Waals surface area contributed by atoms with Crippen molar-refractivity contribution in [3.63, 3.8) is 0 Å². The van der Waals surface area contributed by atoms with Gasteiger partial charge in [-0.05, 0) is 137 Å². The molecule has 0 atom stereocenters. The van der Waals surface area contributed by atoms with Gasteiger partial charge >= 0.3 is 6.09 Å². The summed E-state index contributed by atoms with van der Waals surface area (Å²) < 4.78 is 29.3. The molecule has 1 aromatic heterocycles. The van der Waals surface area contributed by atoms with E-state index in [0.717, 1.165) is 74.1 Å². The second-order valence-corrected chi connectivity index (χ2v) is 16.2. The molecule has 5 aliphatic rings. The second-order valence-electron chi connectivity index (χ2n) is 16.2. The molecule has 0 spiro atoms. The van der Waals surface area contributed by atoms with Crippen LogP contribution in [0.4, 0.5) is 14.9 Å². The van der Waals surface area contributed by atoms with E-state index in [1.807, 2.05) is 23.1 Å². The van der Waals surface area contributed by atoms with E-state index >= 15 is 4.39 Å². The van der Waals surface area contributed by atoms with E-state index in [2.05, 4.69) is 51.0 Å². The molecule has 8 rings (SSSR count). The Morgan fingerprint density at radius 3 is 2.28 bits per heavy atom. The molecule has 4 saturated carbocycles. The smallest absolute Gasteiger partial charge is 0.410 e. The number of fused-ring (bicyclic) bond motifs is 3. The summed E-state index contributed by atoms with van der Waals surface area (Å²) in [5, 5.41) is 4.51. The van der Waals surface area contributed by atoms with Crippen molar-refractivity contribution in [1.29, 1.82) is 0 Å². The molecule has 2 heterocycles. The van der Waals surface area contributed by atoms with Gasteiger partial charge in [0.2, 0.25) is 5.91 Å². The molecule has 1 aliphatic heterocycles. The molecule has 5 fully saturated rings. The highest BCUT2D eigenvalue weighted by Gasteiger charge is 2.51. The Morgan fingerprint density at radius 2 is 1.68 bits per heavy atom. The van der Waals surface area contributed by atoms with Crippen LogP contribution in [0.1, 0.15) is 102 Å². The van der Waals surface area contributed by atoms with Crippen LogP contribution < -0.4 is 9.64 Å². The van der Waals surface area contributed by atoms with Gasteiger partial charge in [0.15, 0.2) is 0 Å². The minimum atomic E-state index is -0.379. The van der Waals surface area contributed by atoms with Crippen molar-refractivity contribution in [3.05, 3.63) is 65.7 Å². The highest BCUT2D eigenvalue weighted by molar-refractivity contribution is 5.96. The van der Waals surface area contributed by atoms with Crippen LogP contribution >= 0.6 is 0 Å². The van der Waals surface area contributed by atoms with E-state index in [-0.39, 0.29) is 46.7 Å². The average molecular weight is 685 g/mol. The van der Waals surface area contributed by atoms with Crippen molar-refractivity contribution in [2.24, 2.45) is 17.3 Å². The maximum Gasteiger partial charge on any atom is 0.410 e. The van der Waals surface area contributed by atoms with Crippen molar-refractivity contribution < 1.29 is 23.5 Å². The molecule has 2 amide bonds. The van der Waals surface area contributed by atoms with Gasteiger partial charge in [-0.1, -0.05) is 25.1 Å². The van der Waals surface area contributed by atoms with Crippen LogP contribution in [0.2, 0.25) is 0 Å². The number of nitrogens with zero attached hydrogens (tertiary/aromatic N) is 4. The number of anilines is 1. The molecule has 2 aromatic carbocycles. The second kappa shape index (κ2) is 13.7. The molecule has 1 saturated heterocycles. The van der Waals surface area contributed by atoms with E-state index in [4.69, 9.17) is 9.47 Å². The third-order valence-corrected chi connectivity index (χ3v) is 12.5. The van der Waals surface area contributed by atoms with Crippen LogP contribution in [0.15, 0.2) is 48.8 Å². The van der Waals surface area contributed by atoms with Crippen LogP contribution in [-0.4, -0.2) is 59.5 Å². The van der Waals surface area contributed by atoms with E-state index in [1.165, 1.54) is 11.6 Å². The molecule has 9 heteroatoms. The van der Waals surface area contributed by atoms with Gasteiger partial charge in [-0.3, -0.25) is 9.48 Å². The van der Waals surface area contributed by atoms with Gasteiger partial charge in [0.25, 0.3) is 0 Å². The molecule has 50 heavy (non-hydrogen) atoms. The van der Waals surface area contributed by atoms with Crippen LogP contribution in [0, 0.1) is 30.0 Å². The third kappa shape index (κ3) is 6.64. The highest BCUT2D eigenvalue weighted by Crippen LogP contribution is 2.58. The topological polar surface area (TPSA) is 76.9 Å². The molecule has 2 bridgehead atoms. The summed E-state index contributed by atoms with van der Waals surface area (Å²) in [6.07, 6.45) is 12.1. The number of hydrogen-bond donors (Lipinski definition) is 0. The van der Waals surface area contributed by atoms with Gasteiger partial charge in [-0.25, -0.2) is 9.18 Å². The molecule has 0 N–H and O–H groups in total. The fraction of sp³-hybridized carbons (Fsp3) is 0.585. The number of benzene rings is 2. The molecule has 0 radical (unpaired) electrons. The summed E-state index contributed by atoms with van der Waals surface area (Å²) in [5.41, 5.74) is 4.73. The summed E-state index contributed by atoms with van der Waals surface area (Å²) in [4.78, 5) is 30.8. The SMILES string of the molecule is COc1ccc(C23CCC(CN(C(=O)C4CCC(OC(=O)N5CC(C)C5)CC4)c4cc(-c5cnn(C(C)C)c5)ccc4F)(CC2)CC3)cc1C. The van der Waals surface area contributed by atoms with Crippen molar-refractivity contribution in [1.82, 2.24) is 14.7 Å². The first-order chi connectivity index (χ1) is 24.0. The quantitative estimate of drug-likeness (QED) is 0.225. The summed E-state index contributed by atoms with van der Waals surface area (Å²) in [5.74, 6) is 0.798. The van der Waals surface area contributed by atoms with E-state index in [9.17, 15) is 9.59 Å². The number of halogens is 1. The molecule has 4 aliphatic carbocycles. The first-order valence-electron chi connectivity index (χ1n) is 18.7. The lowest BCUT2D eigenvalue weighted by atomic mass is 9.51. The maximum atomic E-state index is 16.0. The highest BCUT2D eigenvalue weighted by atomic mass is 19.1. The maximum absolute atomic E-state index is 16.0. The number of methoxy groups -OCH3 is 1. The lowest BCUT2D eigenvalue weighted by Gasteiger charge is -2.55. The number of likely N-dealkylation sites (tertiary alicyclic amines) is 1. The summed E-state index contributed by atoms with van der Waals surface area (Å²) in [6, 6.07) is 12.0. The van der Waals surface area contributed by atoms with E-state index in [0.29, 0.717) is 43.8 Å². The van der Waals surface area contributed by atoms with Crippen molar-refractivity contribution in [2.75, 3.05) is 31.6 Å². The Balaban J connectivity index is 1.12. The van der Waals surface area contributed by atoms with Crippen LogP contribution in [0.5, 0.6) is 5.75 Å². The number of rotatable bonds is 9. The van der Waals surface area contributed by atoms with Crippen molar-refractivity contribution in [2.45, 2.75) is 109 Å². The van der Waals surface area contributed by atoms with E-state index in [1.54, 1.807) is 23.0 Å². The monoisotopic (exact) mass is 684 g/mol. The Hall–Kier alpha value is -3.88. The molecule has 268 valence electrons. The van der Waals surface area contributed by atoms with Gasteiger partial charge in [-0.15, -0.1) is 0 Å².